The van der Waals surface area contributed by atoms with E-state index >= 15 is 0 Å². The third-order valence-electron chi connectivity index (χ3n) is 1.93. The normalized spacial score (nSPS) is 11.7. The Balaban J connectivity index is 2.98. The Hall–Kier alpha value is -1.36. The van der Waals surface area contributed by atoms with Crippen molar-refractivity contribution < 1.29 is 9.90 Å². The second-order valence-corrected chi connectivity index (χ2v) is 4.76. The highest BCUT2D eigenvalue weighted by molar-refractivity contribution is 5.86. The van der Waals surface area contributed by atoms with Gasteiger partial charge in [-0.1, -0.05) is 20.8 Å². The highest BCUT2D eigenvalue weighted by atomic mass is 16.4. The molecule has 0 aliphatic rings. The first kappa shape index (κ1) is 11.7. The summed E-state index contributed by atoms with van der Waals surface area (Å²) >= 11 is 0. The van der Waals surface area contributed by atoms with E-state index in [2.05, 4.69) is 30.7 Å². The summed E-state index contributed by atoms with van der Waals surface area (Å²) < 4.78 is 0. The van der Waals surface area contributed by atoms with Crippen molar-refractivity contribution in [2.24, 2.45) is 11.1 Å². The van der Waals surface area contributed by atoms with Crippen LogP contribution in [0.2, 0.25) is 0 Å². The van der Waals surface area contributed by atoms with Crippen molar-refractivity contribution in [1.82, 2.24) is 9.97 Å². The Morgan fingerprint density at radius 1 is 1.53 bits per heavy atom. The molecule has 0 spiro atoms. The summed E-state index contributed by atoms with van der Waals surface area (Å²) in [6.45, 7) is 6.37. The summed E-state index contributed by atoms with van der Waals surface area (Å²) in [7, 11) is 0. The number of aromatic nitrogens is 2. The lowest BCUT2D eigenvalue weighted by molar-refractivity contribution is 0.0689. The molecular weight excluding hydrogens is 194 g/mol. The first-order chi connectivity index (χ1) is 6.83. The van der Waals surface area contributed by atoms with Gasteiger partial charge in [-0.15, -0.1) is 0 Å². The van der Waals surface area contributed by atoms with Gasteiger partial charge >= 0.3 is 5.97 Å². The number of H-pyrrole nitrogens is 1. The first-order valence-electron chi connectivity index (χ1n) is 4.84. The van der Waals surface area contributed by atoms with E-state index in [1.807, 2.05) is 0 Å². The molecular formula is C10H17N3O2. The maximum atomic E-state index is 10.8. The van der Waals surface area contributed by atoms with E-state index in [1.54, 1.807) is 0 Å². The van der Waals surface area contributed by atoms with Gasteiger partial charge in [0.1, 0.15) is 5.82 Å². The molecule has 1 aromatic rings. The summed E-state index contributed by atoms with van der Waals surface area (Å²) in [6.07, 6.45) is 0.702. The fraction of sp³-hybridized carbons (Fsp3) is 0.600. The van der Waals surface area contributed by atoms with Crippen molar-refractivity contribution in [2.45, 2.75) is 33.7 Å². The van der Waals surface area contributed by atoms with Gasteiger partial charge in [-0.2, -0.15) is 0 Å². The summed E-state index contributed by atoms with van der Waals surface area (Å²) in [5.74, 6) is -0.354. The van der Waals surface area contributed by atoms with Gasteiger partial charge in [0.25, 0.3) is 0 Å². The molecule has 1 rings (SSSR count). The van der Waals surface area contributed by atoms with Crippen LogP contribution < -0.4 is 5.73 Å². The molecule has 84 valence electrons. The van der Waals surface area contributed by atoms with Gasteiger partial charge in [0.2, 0.25) is 0 Å². The molecule has 0 bridgehead atoms. The molecule has 0 saturated heterocycles. The molecule has 0 amide bonds. The molecule has 0 aliphatic heterocycles. The number of carboxylic acid groups (broad SMARTS) is 1. The first-order valence-corrected chi connectivity index (χ1v) is 4.84. The van der Waals surface area contributed by atoms with Crippen LogP contribution in [0.1, 0.15) is 42.8 Å². The molecule has 5 heteroatoms. The van der Waals surface area contributed by atoms with E-state index in [1.165, 1.54) is 0 Å². The van der Waals surface area contributed by atoms with Crippen LogP contribution in [-0.2, 0) is 13.0 Å². The standard InChI is InChI=1S/C10H17N3O2/c1-10(2,3)4-7-12-6(5-11)8(13-7)9(14)15/h4-5,11H2,1-3H3,(H,12,13)(H,14,15). The van der Waals surface area contributed by atoms with E-state index in [0.29, 0.717) is 17.9 Å². The molecule has 0 radical (unpaired) electrons. The van der Waals surface area contributed by atoms with Crippen LogP contribution in [0, 0.1) is 5.41 Å². The van der Waals surface area contributed by atoms with E-state index in [-0.39, 0.29) is 17.7 Å². The lowest BCUT2D eigenvalue weighted by atomic mass is 9.92. The quantitative estimate of drug-likeness (QED) is 0.699. The van der Waals surface area contributed by atoms with Crippen molar-refractivity contribution in [3.05, 3.63) is 17.2 Å². The molecule has 0 unspecified atom stereocenters. The molecule has 0 aromatic carbocycles. The fourth-order valence-corrected chi connectivity index (χ4v) is 1.37. The number of aromatic carboxylic acids is 1. The molecule has 15 heavy (non-hydrogen) atoms. The zero-order valence-corrected chi connectivity index (χ0v) is 9.29. The Bertz CT molecular complexity index is 363. The number of aromatic amines is 1. The van der Waals surface area contributed by atoms with Gasteiger partial charge in [-0.25, -0.2) is 9.78 Å². The third kappa shape index (κ3) is 3.06. The van der Waals surface area contributed by atoms with E-state index in [0.717, 1.165) is 0 Å². The van der Waals surface area contributed by atoms with E-state index in [9.17, 15) is 4.79 Å². The van der Waals surface area contributed by atoms with Crippen LogP contribution in [0.4, 0.5) is 0 Å². The highest BCUT2D eigenvalue weighted by Crippen LogP contribution is 2.19. The average Bonchev–Trinajstić information content (AvgIpc) is 2.44. The number of rotatable bonds is 3. The number of nitrogens with two attached hydrogens (primary N) is 1. The number of nitrogens with one attached hydrogen (secondary N) is 1. The van der Waals surface area contributed by atoms with E-state index in [4.69, 9.17) is 10.8 Å². The van der Waals surface area contributed by atoms with Crippen LogP contribution in [0.15, 0.2) is 0 Å². The zero-order valence-electron chi connectivity index (χ0n) is 9.29. The molecule has 1 aromatic heterocycles. The maximum Gasteiger partial charge on any atom is 0.356 e. The second kappa shape index (κ2) is 4.02. The Kier molecular flexibility index (Phi) is 3.14. The Morgan fingerprint density at radius 2 is 2.13 bits per heavy atom. The number of carbonyl (C=O) groups is 1. The Morgan fingerprint density at radius 3 is 2.47 bits per heavy atom. The van der Waals surface area contributed by atoms with Crippen LogP contribution in [0.5, 0.6) is 0 Å². The second-order valence-electron chi connectivity index (χ2n) is 4.76. The lowest BCUT2D eigenvalue weighted by Crippen LogP contribution is -2.10. The summed E-state index contributed by atoms with van der Waals surface area (Å²) in [6, 6.07) is 0. The molecule has 0 saturated carbocycles. The number of nitrogens with zero attached hydrogens (tertiary/aromatic N) is 1. The maximum absolute atomic E-state index is 10.8. The minimum absolute atomic E-state index is 0.0387. The van der Waals surface area contributed by atoms with Crippen molar-refractivity contribution in [2.75, 3.05) is 0 Å². The topological polar surface area (TPSA) is 92.0 Å². The number of imidazole rings is 1. The molecule has 4 N–H and O–H groups in total. The zero-order chi connectivity index (χ0) is 11.6. The van der Waals surface area contributed by atoms with Gasteiger partial charge in [-0.3, -0.25) is 0 Å². The smallest absolute Gasteiger partial charge is 0.356 e. The number of hydrogen-bond donors (Lipinski definition) is 3. The van der Waals surface area contributed by atoms with Crippen molar-refractivity contribution in [3.63, 3.8) is 0 Å². The summed E-state index contributed by atoms with van der Waals surface area (Å²) in [5.41, 5.74) is 6.03. The van der Waals surface area contributed by atoms with Crippen LogP contribution >= 0.6 is 0 Å². The fourth-order valence-electron chi connectivity index (χ4n) is 1.37. The minimum Gasteiger partial charge on any atom is -0.476 e. The largest absolute Gasteiger partial charge is 0.476 e. The third-order valence-corrected chi connectivity index (χ3v) is 1.93. The van der Waals surface area contributed by atoms with Gasteiger partial charge in [0, 0.05) is 13.0 Å². The monoisotopic (exact) mass is 211 g/mol. The van der Waals surface area contributed by atoms with Crippen molar-refractivity contribution in [1.29, 1.82) is 0 Å². The molecule has 0 atom stereocenters. The van der Waals surface area contributed by atoms with E-state index < -0.39 is 5.97 Å². The lowest BCUT2D eigenvalue weighted by Gasteiger charge is -2.15. The molecule has 5 nitrogen and oxygen atoms in total. The summed E-state index contributed by atoms with van der Waals surface area (Å²) in [5, 5.41) is 8.87. The average molecular weight is 211 g/mol. The van der Waals surface area contributed by atoms with Crippen molar-refractivity contribution >= 4 is 5.97 Å². The van der Waals surface area contributed by atoms with Crippen LogP contribution in [-0.4, -0.2) is 21.0 Å². The van der Waals surface area contributed by atoms with Crippen LogP contribution in [0.3, 0.4) is 0 Å². The predicted molar refractivity (Wildman–Crippen MR) is 56.6 cm³/mol. The van der Waals surface area contributed by atoms with Gasteiger partial charge in [0.15, 0.2) is 5.69 Å². The molecule has 1 heterocycles. The number of carboxylic acids is 1. The SMILES string of the molecule is CC(C)(C)Cc1nc(C(=O)O)c(CN)[nH]1. The van der Waals surface area contributed by atoms with Crippen LogP contribution in [0.25, 0.3) is 0 Å². The Labute approximate surface area is 88.7 Å². The molecule has 0 fully saturated rings. The summed E-state index contributed by atoms with van der Waals surface area (Å²) in [4.78, 5) is 17.8. The molecule has 0 aliphatic carbocycles. The van der Waals surface area contributed by atoms with Gasteiger partial charge < -0.3 is 15.8 Å². The number of hydrogen-bond acceptors (Lipinski definition) is 3. The van der Waals surface area contributed by atoms with Crippen molar-refractivity contribution in [3.8, 4) is 0 Å². The minimum atomic E-state index is -1.04. The van der Waals surface area contributed by atoms with Gasteiger partial charge in [-0.05, 0) is 5.41 Å². The predicted octanol–water partition coefficient (Wildman–Crippen LogP) is 1.16. The highest BCUT2D eigenvalue weighted by Gasteiger charge is 2.19. The van der Waals surface area contributed by atoms with Gasteiger partial charge in [0.05, 0.1) is 5.69 Å².